The number of hydrogen-bond donors (Lipinski definition) is 2. The molecule has 6 nitrogen and oxygen atoms in total. The number of alkyl halides is 2. The van der Waals surface area contributed by atoms with Crippen LogP contribution < -0.4 is 11.1 Å². The summed E-state index contributed by atoms with van der Waals surface area (Å²) in [5.74, 6) is -6.67. The van der Waals surface area contributed by atoms with Crippen LogP contribution in [-0.2, 0) is 10.3 Å². The second-order valence-corrected chi connectivity index (χ2v) is 7.79. The number of carbonyl (C=O) groups excluding carboxylic acids is 1. The topological polar surface area (TPSA) is 89.6 Å². The van der Waals surface area contributed by atoms with Crippen molar-refractivity contribution < 1.29 is 27.1 Å². The first-order chi connectivity index (χ1) is 13.8. The third kappa shape index (κ3) is 3.45. The highest BCUT2D eigenvalue weighted by molar-refractivity contribution is 6.30. The van der Waals surface area contributed by atoms with Crippen LogP contribution in [0.2, 0.25) is 5.02 Å². The van der Waals surface area contributed by atoms with Crippen LogP contribution in [0.1, 0.15) is 36.8 Å². The Morgan fingerprint density at radius 2 is 1.83 bits per heavy atom. The standard InChI is InChI=1S/C19H17ClF4N4O2/c1-17(2)19(23,24)18(3,30-16(25)28-17)11-7-10(4-5-12(11)21)27-15(29)14-13(22)6-9(20)8-26-14/h4-8H,1-3H3,(H2,25,28)(H,27,29)/t18-/m1/s1. The van der Waals surface area contributed by atoms with Crippen molar-refractivity contribution in [1.29, 1.82) is 0 Å². The lowest BCUT2D eigenvalue weighted by Crippen LogP contribution is -2.62. The summed E-state index contributed by atoms with van der Waals surface area (Å²) < 4.78 is 64.0. The SMILES string of the molecule is CC1(C)N=C(N)O[C@](C)(c2cc(NC(=O)c3ncc(Cl)cc3F)ccc2F)C1(F)F. The van der Waals surface area contributed by atoms with Crippen LogP contribution in [0.3, 0.4) is 0 Å². The van der Waals surface area contributed by atoms with Crippen molar-refractivity contribution >= 4 is 29.2 Å². The van der Waals surface area contributed by atoms with E-state index in [1.54, 1.807) is 0 Å². The summed E-state index contributed by atoms with van der Waals surface area (Å²) >= 11 is 5.60. The fourth-order valence-corrected chi connectivity index (χ4v) is 3.33. The third-order valence-corrected chi connectivity index (χ3v) is 5.03. The largest absolute Gasteiger partial charge is 0.448 e. The molecule has 0 bridgehead atoms. The lowest BCUT2D eigenvalue weighted by atomic mass is 9.78. The number of amidine groups is 1. The first kappa shape index (κ1) is 21.8. The molecule has 1 aromatic carbocycles. The Hall–Kier alpha value is -2.88. The minimum absolute atomic E-state index is 0.0143. The molecule has 3 N–H and O–H groups in total. The number of nitrogens with two attached hydrogens (primary N) is 1. The summed E-state index contributed by atoms with van der Waals surface area (Å²) in [6, 6.07) is 3.31. The number of hydrogen-bond acceptors (Lipinski definition) is 5. The zero-order valence-electron chi connectivity index (χ0n) is 16.1. The lowest BCUT2D eigenvalue weighted by Gasteiger charge is -2.47. The number of amides is 1. The summed E-state index contributed by atoms with van der Waals surface area (Å²) in [5, 5.41) is 2.27. The van der Waals surface area contributed by atoms with E-state index < -0.39 is 51.9 Å². The molecule has 0 spiro atoms. The van der Waals surface area contributed by atoms with Crippen molar-refractivity contribution in [2.75, 3.05) is 5.32 Å². The molecular weight excluding hydrogens is 428 g/mol. The first-order valence-electron chi connectivity index (χ1n) is 8.63. The molecule has 0 unspecified atom stereocenters. The highest BCUT2D eigenvalue weighted by Gasteiger charge is 2.66. The van der Waals surface area contributed by atoms with Gasteiger partial charge >= 0.3 is 5.92 Å². The molecule has 30 heavy (non-hydrogen) atoms. The minimum Gasteiger partial charge on any atom is -0.448 e. The quantitative estimate of drug-likeness (QED) is 0.693. The monoisotopic (exact) mass is 444 g/mol. The summed E-state index contributed by atoms with van der Waals surface area (Å²) in [7, 11) is 0. The number of rotatable bonds is 3. The van der Waals surface area contributed by atoms with Gasteiger partial charge in [0.2, 0.25) is 5.60 Å². The van der Waals surface area contributed by atoms with Gasteiger partial charge in [-0.3, -0.25) is 4.79 Å². The number of pyridine rings is 1. The highest BCUT2D eigenvalue weighted by atomic mass is 35.5. The van der Waals surface area contributed by atoms with E-state index in [1.165, 1.54) is 0 Å². The molecule has 1 aliphatic rings. The highest BCUT2D eigenvalue weighted by Crippen LogP contribution is 2.51. The van der Waals surface area contributed by atoms with E-state index in [1.807, 2.05) is 0 Å². The third-order valence-electron chi connectivity index (χ3n) is 4.83. The van der Waals surface area contributed by atoms with Crippen LogP contribution in [-0.4, -0.2) is 28.4 Å². The molecule has 1 aliphatic heterocycles. The molecule has 1 aromatic heterocycles. The Morgan fingerprint density at radius 3 is 2.47 bits per heavy atom. The number of ether oxygens (including phenoxy) is 1. The Balaban J connectivity index is 2.01. The van der Waals surface area contributed by atoms with Gasteiger partial charge in [-0.05, 0) is 45.0 Å². The predicted octanol–water partition coefficient (Wildman–Crippen LogP) is 4.24. The van der Waals surface area contributed by atoms with Crippen LogP contribution in [0, 0.1) is 11.6 Å². The maximum atomic E-state index is 15.2. The first-order valence-corrected chi connectivity index (χ1v) is 9.01. The molecule has 0 fully saturated rings. The molecule has 0 saturated heterocycles. The lowest BCUT2D eigenvalue weighted by molar-refractivity contribution is -0.215. The summed E-state index contributed by atoms with van der Waals surface area (Å²) in [5.41, 5.74) is -0.200. The van der Waals surface area contributed by atoms with Gasteiger partial charge < -0.3 is 15.8 Å². The fourth-order valence-electron chi connectivity index (χ4n) is 3.19. The van der Waals surface area contributed by atoms with E-state index in [4.69, 9.17) is 22.1 Å². The Bertz CT molecular complexity index is 1060. The second kappa shape index (κ2) is 7.12. The van der Waals surface area contributed by atoms with Crippen molar-refractivity contribution in [2.24, 2.45) is 10.7 Å². The average molecular weight is 445 g/mol. The van der Waals surface area contributed by atoms with Gasteiger partial charge in [0.1, 0.15) is 11.4 Å². The van der Waals surface area contributed by atoms with Crippen molar-refractivity contribution in [3.8, 4) is 0 Å². The van der Waals surface area contributed by atoms with E-state index >= 15 is 8.78 Å². The molecule has 0 radical (unpaired) electrons. The van der Waals surface area contributed by atoms with Crippen LogP contribution >= 0.6 is 11.6 Å². The van der Waals surface area contributed by atoms with Gasteiger partial charge in [-0.15, -0.1) is 0 Å². The number of halogens is 5. The van der Waals surface area contributed by atoms with Crippen molar-refractivity contribution in [1.82, 2.24) is 4.98 Å². The summed E-state index contributed by atoms with van der Waals surface area (Å²) in [6.45, 7) is 3.25. The molecule has 0 saturated carbocycles. The van der Waals surface area contributed by atoms with Crippen molar-refractivity contribution in [3.05, 3.63) is 58.4 Å². The maximum absolute atomic E-state index is 15.2. The van der Waals surface area contributed by atoms with Gasteiger partial charge in [-0.2, -0.15) is 8.78 Å². The molecular formula is C19H17ClF4N4O2. The number of nitrogens with one attached hydrogen (secondary N) is 1. The Kier molecular flexibility index (Phi) is 5.18. The molecule has 160 valence electrons. The Morgan fingerprint density at radius 1 is 1.17 bits per heavy atom. The average Bonchev–Trinajstić information content (AvgIpc) is 2.61. The number of benzene rings is 1. The maximum Gasteiger partial charge on any atom is 0.315 e. The van der Waals surface area contributed by atoms with Gasteiger partial charge in [0.05, 0.1) is 5.02 Å². The molecule has 1 atom stereocenters. The zero-order chi connectivity index (χ0) is 22.5. The number of nitrogens with zero attached hydrogens (tertiary/aromatic N) is 2. The molecule has 11 heteroatoms. The van der Waals surface area contributed by atoms with Gasteiger partial charge in [0.25, 0.3) is 11.9 Å². The van der Waals surface area contributed by atoms with Crippen LogP contribution in [0.5, 0.6) is 0 Å². The van der Waals surface area contributed by atoms with Crippen LogP contribution in [0.15, 0.2) is 35.5 Å². The van der Waals surface area contributed by atoms with Crippen molar-refractivity contribution in [3.63, 3.8) is 0 Å². The van der Waals surface area contributed by atoms with E-state index in [9.17, 15) is 13.6 Å². The summed E-state index contributed by atoms with van der Waals surface area (Å²) in [6.07, 6.45) is 1.07. The number of aliphatic imine (C=N–C) groups is 1. The zero-order valence-corrected chi connectivity index (χ0v) is 16.8. The van der Waals surface area contributed by atoms with E-state index in [-0.39, 0.29) is 10.7 Å². The normalized spacial score (nSPS) is 22.1. The van der Waals surface area contributed by atoms with Gasteiger partial charge in [-0.1, -0.05) is 11.6 Å². The van der Waals surface area contributed by atoms with E-state index in [0.717, 1.165) is 51.2 Å². The Labute approximate surface area is 174 Å². The van der Waals surface area contributed by atoms with E-state index in [0.29, 0.717) is 0 Å². The fraction of sp³-hybridized carbons (Fsp3) is 0.316. The minimum atomic E-state index is -3.68. The van der Waals surface area contributed by atoms with Gasteiger partial charge in [-0.25, -0.2) is 18.8 Å². The number of anilines is 1. The molecule has 3 rings (SSSR count). The van der Waals surface area contributed by atoms with Gasteiger partial charge in [0, 0.05) is 17.4 Å². The second-order valence-electron chi connectivity index (χ2n) is 7.35. The van der Waals surface area contributed by atoms with Crippen LogP contribution in [0.25, 0.3) is 0 Å². The molecule has 2 heterocycles. The van der Waals surface area contributed by atoms with Crippen LogP contribution in [0.4, 0.5) is 23.2 Å². The molecule has 2 aromatic rings. The number of aromatic nitrogens is 1. The van der Waals surface area contributed by atoms with Crippen molar-refractivity contribution in [2.45, 2.75) is 37.8 Å². The molecule has 0 aliphatic carbocycles. The van der Waals surface area contributed by atoms with Gasteiger partial charge in [0.15, 0.2) is 11.5 Å². The van der Waals surface area contributed by atoms with E-state index in [2.05, 4.69) is 15.3 Å². The molecule has 1 amide bonds. The smallest absolute Gasteiger partial charge is 0.315 e. The predicted molar refractivity (Wildman–Crippen MR) is 103 cm³/mol. The number of carbonyl (C=O) groups is 1. The summed E-state index contributed by atoms with van der Waals surface area (Å²) in [4.78, 5) is 19.5.